The molecule has 0 spiro atoms. The Morgan fingerprint density at radius 2 is 2.00 bits per heavy atom. The van der Waals surface area contributed by atoms with E-state index in [1.54, 1.807) is 28.7 Å². The lowest BCUT2D eigenvalue weighted by atomic mass is 10.1. The zero-order valence-corrected chi connectivity index (χ0v) is 11.2. The third-order valence-electron chi connectivity index (χ3n) is 3.41. The fraction of sp³-hybridized carbons (Fsp3) is 0.0667. The number of ether oxygens (including phenoxy) is 1. The van der Waals surface area contributed by atoms with Gasteiger partial charge in [-0.2, -0.15) is 0 Å². The summed E-state index contributed by atoms with van der Waals surface area (Å²) in [6.45, 7) is 0. The molecule has 0 radical (unpaired) electrons. The Balaban J connectivity index is 2.59. The molecule has 1 aromatic carbocycles. The number of para-hydroxylation sites is 1. The lowest BCUT2D eigenvalue weighted by Crippen LogP contribution is -2.11. The minimum atomic E-state index is -1.08. The van der Waals surface area contributed by atoms with E-state index in [0.29, 0.717) is 27.7 Å². The Labute approximate surface area is 119 Å². The number of nitrogens with two attached hydrogens (primary N) is 1. The topological polar surface area (TPSA) is 94.0 Å². The number of primary amides is 1. The lowest BCUT2D eigenvalue weighted by Gasteiger charge is -2.07. The van der Waals surface area contributed by atoms with Crippen LogP contribution in [-0.2, 0) is 0 Å². The second-order valence-electron chi connectivity index (χ2n) is 4.58. The minimum Gasteiger partial charge on any atom is -0.495 e. The van der Waals surface area contributed by atoms with Gasteiger partial charge in [0.1, 0.15) is 11.3 Å². The summed E-state index contributed by atoms with van der Waals surface area (Å²) in [5.74, 6) is -1.37. The number of hydrogen-bond acceptors (Lipinski definition) is 3. The molecule has 6 heteroatoms. The van der Waals surface area contributed by atoms with Crippen LogP contribution in [0.15, 0.2) is 36.5 Å². The molecule has 3 aromatic rings. The second kappa shape index (κ2) is 4.52. The van der Waals surface area contributed by atoms with E-state index in [4.69, 9.17) is 10.5 Å². The van der Waals surface area contributed by atoms with Crippen molar-refractivity contribution in [2.24, 2.45) is 5.73 Å². The molecule has 0 fully saturated rings. The number of methoxy groups -OCH3 is 1. The number of benzene rings is 1. The number of fused-ring (bicyclic) bond motifs is 3. The average molecular weight is 284 g/mol. The quantitative estimate of drug-likeness (QED) is 0.768. The maximum atomic E-state index is 11.8. The molecule has 2 heterocycles. The molecule has 21 heavy (non-hydrogen) atoms. The number of aromatic carboxylic acids is 1. The van der Waals surface area contributed by atoms with E-state index in [0.717, 1.165) is 0 Å². The van der Waals surface area contributed by atoms with Gasteiger partial charge in [-0.3, -0.25) is 4.79 Å². The highest BCUT2D eigenvalue weighted by Crippen LogP contribution is 2.33. The molecule has 0 aliphatic carbocycles. The molecule has 2 aromatic heterocycles. The number of pyridine rings is 1. The predicted molar refractivity (Wildman–Crippen MR) is 76.9 cm³/mol. The van der Waals surface area contributed by atoms with Crippen LogP contribution >= 0.6 is 0 Å². The Kier molecular flexibility index (Phi) is 2.79. The number of carbonyl (C=O) groups is 2. The number of hydrogen-bond donors (Lipinski definition) is 2. The summed E-state index contributed by atoms with van der Waals surface area (Å²) in [6, 6.07) is 8.53. The SMILES string of the molecule is COc1cc(C(=O)O)cn2c1c(C(N)=O)c1ccccc12. The number of rotatable bonds is 3. The van der Waals surface area contributed by atoms with Gasteiger partial charge in [-0.05, 0) is 12.1 Å². The van der Waals surface area contributed by atoms with Crippen LogP contribution in [0.25, 0.3) is 16.4 Å². The largest absolute Gasteiger partial charge is 0.495 e. The van der Waals surface area contributed by atoms with Gasteiger partial charge in [0.25, 0.3) is 5.91 Å². The maximum Gasteiger partial charge on any atom is 0.337 e. The summed E-state index contributed by atoms with van der Waals surface area (Å²) < 4.78 is 6.87. The van der Waals surface area contributed by atoms with Crippen LogP contribution in [0.2, 0.25) is 0 Å². The van der Waals surface area contributed by atoms with E-state index in [9.17, 15) is 14.7 Å². The first-order chi connectivity index (χ1) is 10.0. The van der Waals surface area contributed by atoms with Gasteiger partial charge in [-0.25, -0.2) is 4.79 Å². The van der Waals surface area contributed by atoms with Gasteiger partial charge in [0.15, 0.2) is 0 Å². The average Bonchev–Trinajstić information content (AvgIpc) is 2.80. The highest BCUT2D eigenvalue weighted by molar-refractivity contribution is 6.14. The monoisotopic (exact) mass is 284 g/mol. The van der Waals surface area contributed by atoms with Crippen molar-refractivity contribution in [3.63, 3.8) is 0 Å². The molecule has 0 saturated carbocycles. The summed E-state index contributed by atoms with van der Waals surface area (Å²) in [4.78, 5) is 23.0. The molecule has 3 rings (SSSR count). The molecule has 3 N–H and O–H groups in total. The van der Waals surface area contributed by atoms with Crippen molar-refractivity contribution in [3.05, 3.63) is 47.7 Å². The molecule has 0 saturated heterocycles. The molecular weight excluding hydrogens is 272 g/mol. The summed E-state index contributed by atoms with van der Waals surface area (Å²) >= 11 is 0. The highest BCUT2D eigenvalue weighted by atomic mass is 16.5. The molecule has 1 amide bonds. The summed E-state index contributed by atoms with van der Waals surface area (Å²) in [5.41, 5.74) is 7.04. The van der Waals surface area contributed by atoms with Crippen molar-refractivity contribution in [1.29, 1.82) is 0 Å². The zero-order chi connectivity index (χ0) is 15.1. The summed E-state index contributed by atoms with van der Waals surface area (Å²) in [6.07, 6.45) is 1.45. The normalized spacial score (nSPS) is 10.9. The van der Waals surface area contributed by atoms with Crippen molar-refractivity contribution in [3.8, 4) is 5.75 Å². The smallest absolute Gasteiger partial charge is 0.337 e. The maximum absolute atomic E-state index is 11.8. The second-order valence-corrected chi connectivity index (χ2v) is 4.58. The van der Waals surface area contributed by atoms with E-state index in [-0.39, 0.29) is 5.56 Å². The van der Waals surface area contributed by atoms with E-state index in [1.165, 1.54) is 19.4 Å². The van der Waals surface area contributed by atoms with E-state index in [1.807, 2.05) is 0 Å². The molecule has 0 aliphatic heterocycles. The number of nitrogens with zero attached hydrogens (tertiary/aromatic N) is 1. The molecule has 0 aliphatic rings. The van der Waals surface area contributed by atoms with Gasteiger partial charge in [0.05, 0.1) is 23.8 Å². The van der Waals surface area contributed by atoms with Crippen molar-refractivity contribution >= 4 is 28.3 Å². The number of aromatic nitrogens is 1. The highest BCUT2D eigenvalue weighted by Gasteiger charge is 2.21. The van der Waals surface area contributed by atoms with Gasteiger partial charge in [-0.1, -0.05) is 18.2 Å². The summed E-state index contributed by atoms with van der Waals surface area (Å²) in [5, 5.41) is 9.85. The van der Waals surface area contributed by atoms with Crippen LogP contribution in [0.1, 0.15) is 20.7 Å². The Bertz CT molecular complexity index is 895. The summed E-state index contributed by atoms with van der Waals surface area (Å²) in [7, 11) is 1.42. The van der Waals surface area contributed by atoms with Crippen LogP contribution in [-0.4, -0.2) is 28.5 Å². The Hall–Kier alpha value is -3.02. The molecule has 0 atom stereocenters. The molecule has 0 bridgehead atoms. The number of carboxylic acid groups (broad SMARTS) is 1. The standard InChI is InChI=1S/C15H12N2O4/c1-21-11-6-8(15(19)20)7-17-10-5-3-2-4-9(10)12(13(11)17)14(16)18/h2-7H,1H3,(H2,16,18)(H,19,20). The van der Waals surface area contributed by atoms with Crippen LogP contribution in [0.5, 0.6) is 5.75 Å². The lowest BCUT2D eigenvalue weighted by molar-refractivity contribution is 0.0695. The van der Waals surface area contributed by atoms with Gasteiger partial charge < -0.3 is 20.0 Å². The molecule has 6 nitrogen and oxygen atoms in total. The number of carbonyl (C=O) groups excluding carboxylic acids is 1. The van der Waals surface area contributed by atoms with Crippen LogP contribution in [0.4, 0.5) is 0 Å². The van der Waals surface area contributed by atoms with Gasteiger partial charge >= 0.3 is 5.97 Å². The first kappa shape index (κ1) is 13.0. The Morgan fingerprint density at radius 3 is 2.62 bits per heavy atom. The van der Waals surface area contributed by atoms with Gasteiger partial charge in [0, 0.05) is 11.6 Å². The van der Waals surface area contributed by atoms with Crippen molar-refractivity contribution in [2.75, 3.05) is 7.11 Å². The fourth-order valence-corrected chi connectivity index (χ4v) is 2.55. The Morgan fingerprint density at radius 1 is 1.29 bits per heavy atom. The molecular formula is C15H12N2O4. The van der Waals surface area contributed by atoms with Crippen molar-refractivity contribution in [2.45, 2.75) is 0 Å². The minimum absolute atomic E-state index is 0.0659. The first-order valence-corrected chi connectivity index (χ1v) is 6.18. The van der Waals surface area contributed by atoms with E-state index in [2.05, 4.69) is 0 Å². The molecule has 0 unspecified atom stereocenters. The van der Waals surface area contributed by atoms with E-state index >= 15 is 0 Å². The van der Waals surface area contributed by atoms with Crippen molar-refractivity contribution < 1.29 is 19.4 Å². The zero-order valence-electron chi connectivity index (χ0n) is 11.2. The van der Waals surface area contributed by atoms with Crippen molar-refractivity contribution in [1.82, 2.24) is 4.40 Å². The molecule has 106 valence electrons. The van der Waals surface area contributed by atoms with E-state index < -0.39 is 11.9 Å². The first-order valence-electron chi connectivity index (χ1n) is 6.18. The fourth-order valence-electron chi connectivity index (χ4n) is 2.55. The van der Waals surface area contributed by atoms with Gasteiger partial charge in [-0.15, -0.1) is 0 Å². The van der Waals surface area contributed by atoms with Crippen LogP contribution < -0.4 is 10.5 Å². The van der Waals surface area contributed by atoms with Crippen LogP contribution in [0, 0.1) is 0 Å². The predicted octanol–water partition coefficient (Wildman–Crippen LogP) is 1.90. The third-order valence-corrected chi connectivity index (χ3v) is 3.41. The van der Waals surface area contributed by atoms with Gasteiger partial charge in [0.2, 0.25) is 0 Å². The number of carboxylic acids is 1. The van der Waals surface area contributed by atoms with Crippen LogP contribution in [0.3, 0.4) is 0 Å². The number of amides is 1. The third kappa shape index (κ3) is 1.80.